The molecule has 2 aliphatic heterocycles. The summed E-state index contributed by atoms with van der Waals surface area (Å²) < 4.78 is 22.4. The van der Waals surface area contributed by atoms with E-state index in [4.69, 9.17) is 18.6 Å². The topological polar surface area (TPSA) is 260 Å². The van der Waals surface area contributed by atoms with Crippen molar-refractivity contribution in [2.45, 2.75) is 61.2 Å². The molecule has 0 spiro atoms. The Morgan fingerprint density at radius 3 is 2.05 bits per heavy atom. The minimum absolute atomic E-state index is 0.0351. The molecule has 15 nitrogen and oxygen atoms in total. The van der Waals surface area contributed by atoms with E-state index in [2.05, 4.69) is 0 Å². The van der Waals surface area contributed by atoms with Crippen molar-refractivity contribution >= 4 is 11.0 Å². The lowest BCUT2D eigenvalue weighted by molar-refractivity contribution is -0.314. The summed E-state index contributed by atoms with van der Waals surface area (Å²) in [7, 11) is 0. The van der Waals surface area contributed by atoms with Crippen LogP contribution in [0.25, 0.3) is 22.3 Å². The molecule has 15 heteroatoms. The van der Waals surface area contributed by atoms with Gasteiger partial charge in [-0.1, -0.05) is 0 Å². The molecule has 5 rings (SSSR count). The van der Waals surface area contributed by atoms with Gasteiger partial charge in [-0.05, 0) is 24.3 Å². The molecule has 0 unspecified atom stereocenters. The van der Waals surface area contributed by atoms with Crippen LogP contribution in [0.15, 0.2) is 45.6 Å². The molecule has 0 saturated carbocycles. The van der Waals surface area contributed by atoms with Crippen molar-refractivity contribution in [2.24, 2.45) is 0 Å². The summed E-state index contributed by atoms with van der Waals surface area (Å²) in [4.78, 5) is 13.0. The first-order chi connectivity index (χ1) is 19.9. The number of ether oxygens (including phenoxy) is 3. The van der Waals surface area contributed by atoms with Crippen LogP contribution in [0.1, 0.15) is 11.7 Å². The van der Waals surface area contributed by atoms with Crippen molar-refractivity contribution < 1.29 is 69.7 Å². The van der Waals surface area contributed by atoms with E-state index in [-0.39, 0.29) is 22.5 Å². The maximum absolute atomic E-state index is 13.0. The van der Waals surface area contributed by atoms with E-state index in [9.17, 15) is 55.9 Å². The normalized spacial score (nSPS) is 33.6. The van der Waals surface area contributed by atoms with Crippen LogP contribution in [0.5, 0.6) is 17.2 Å². The maximum atomic E-state index is 13.0. The summed E-state index contributed by atoms with van der Waals surface area (Å²) in [6, 6.07) is 7.46. The Morgan fingerprint density at radius 2 is 1.38 bits per heavy atom. The highest BCUT2D eigenvalue weighted by Crippen LogP contribution is 2.44. The SMILES string of the molecule is O=c1cc(-c2ccc(O)cc2)oc2c([C@H]3O[C@H](CO[C@@H]4O[C@H](CO)[C@@H](O)[C@H](O)[C@H]4O)[C@H](O)[C@H](O)[C@H]3O)c(O)cc(O)c12. The molecular weight excluding hydrogens is 564 g/mol. The predicted molar refractivity (Wildman–Crippen MR) is 138 cm³/mol. The van der Waals surface area contributed by atoms with Crippen LogP contribution in [0, 0.1) is 0 Å². The average molecular weight is 595 g/mol. The first-order valence-electron chi connectivity index (χ1n) is 12.9. The minimum atomic E-state index is -1.90. The summed E-state index contributed by atoms with van der Waals surface area (Å²) in [6.45, 7) is -1.35. The Labute approximate surface area is 236 Å². The number of aliphatic hydroxyl groups is 7. The number of phenols is 3. The average Bonchev–Trinajstić information content (AvgIpc) is 2.96. The molecule has 2 aromatic carbocycles. The lowest BCUT2D eigenvalue weighted by atomic mass is 9.89. The monoisotopic (exact) mass is 594 g/mol. The van der Waals surface area contributed by atoms with Crippen molar-refractivity contribution in [3.8, 4) is 28.6 Å². The molecule has 228 valence electrons. The van der Waals surface area contributed by atoms with Gasteiger partial charge in [-0.2, -0.15) is 0 Å². The van der Waals surface area contributed by atoms with E-state index in [0.29, 0.717) is 5.56 Å². The molecular formula is C27H30O15. The van der Waals surface area contributed by atoms with Gasteiger partial charge in [-0.25, -0.2) is 0 Å². The molecule has 2 aliphatic rings. The number of hydrogen-bond acceptors (Lipinski definition) is 15. The quantitative estimate of drug-likeness (QED) is 0.147. The molecule has 0 aliphatic carbocycles. The number of aliphatic hydroxyl groups excluding tert-OH is 7. The molecule has 2 fully saturated rings. The third kappa shape index (κ3) is 5.31. The summed E-state index contributed by atoms with van der Waals surface area (Å²) in [6.07, 6.45) is -16.8. The Morgan fingerprint density at radius 1 is 0.738 bits per heavy atom. The zero-order valence-corrected chi connectivity index (χ0v) is 21.7. The van der Waals surface area contributed by atoms with Crippen LogP contribution in [0.3, 0.4) is 0 Å². The molecule has 0 bridgehead atoms. The van der Waals surface area contributed by atoms with E-state index in [0.717, 1.165) is 12.1 Å². The lowest BCUT2D eigenvalue weighted by Gasteiger charge is -2.43. The number of fused-ring (bicyclic) bond motifs is 1. The number of hydrogen-bond donors (Lipinski definition) is 10. The third-order valence-electron chi connectivity index (χ3n) is 7.42. The van der Waals surface area contributed by atoms with E-state index in [1.54, 1.807) is 0 Å². The summed E-state index contributed by atoms with van der Waals surface area (Å²) in [5.41, 5.74) is -1.14. The highest BCUT2D eigenvalue weighted by atomic mass is 16.7. The van der Waals surface area contributed by atoms with Gasteiger partial charge in [0, 0.05) is 17.7 Å². The zero-order chi connectivity index (χ0) is 30.5. The van der Waals surface area contributed by atoms with Crippen LogP contribution in [0.4, 0.5) is 0 Å². The molecule has 0 radical (unpaired) electrons. The standard InChI is InChI=1S/C27H30O15/c28-7-15-19(33)22(36)24(38)27(42-15)39-8-16-20(34)21(35)23(37)26(41-16)18-12(31)5-11(30)17-13(32)6-14(40-25(17)18)9-1-3-10(29)4-2-9/h1-6,15-16,19-24,26-31,33-38H,7-8H2/t15-,16-,19-,20+,21+,22+,23-,24-,26-,27-/m1/s1. The number of rotatable bonds is 6. The van der Waals surface area contributed by atoms with E-state index in [1.165, 1.54) is 24.3 Å². The molecule has 0 amide bonds. The zero-order valence-electron chi connectivity index (χ0n) is 21.7. The number of phenolic OH excluding ortho intramolecular Hbond substituents is 3. The van der Waals surface area contributed by atoms with Crippen LogP contribution >= 0.6 is 0 Å². The molecule has 3 heterocycles. The second kappa shape index (κ2) is 11.7. The fourth-order valence-corrected chi connectivity index (χ4v) is 5.09. The van der Waals surface area contributed by atoms with Gasteiger partial charge >= 0.3 is 0 Å². The fraction of sp³-hybridized carbons (Fsp3) is 0.444. The van der Waals surface area contributed by atoms with Crippen LogP contribution in [0.2, 0.25) is 0 Å². The van der Waals surface area contributed by atoms with E-state index < -0.39 is 97.0 Å². The van der Waals surface area contributed by atoms with Gasteiger partial charge in [-0.15, -0.1) is 0 Å². The Balaban J connectivity index is 1.50. The van der Waals surface area contributed by atoms with Gasteiger partial charge in [-0.3, -0.25) is 4.79 Å². The Hall–Kier alpha value is -3.35. The second-order valence-electron chi connectivity index (χ2n) is 10.2. The van der Waals surface area contributed by atoms with Crippen LogP contribution in [-0.4, -0.2) is 119 Å². The largest absolute Gasteiger partial charge is 0.508 e. The molecule has 2 saturated heterocycles. The minimum Gasteiger partial charge on any atom is -0.508 e. The lowest BCUT2D eigenvalue weighted by Crippen LogP contribution is -2.60. The van der Waals surface area contributed by atoms with Crippen molar-refractivity contribution in [1.29, 1.82) is 0 Å². The van der Waals surface area contributed by atoms with Gasteiger partial charge in [0.2, 0.25) is 0 Å². The van der Waals surface area contributed by atoms with Crippen molar-refractivity contribution in [3.05, 3.63) is 52.2 Å². The molecule has 42 heavy (non-hydrogen) atoms. The second-order valence-corrected chi connectivity index (χ2v) is 10.2. The first-order valence-corrected chi connectivity index (χ1v) is 12.9. The third-order valence-corrected chi connectivity index (χ3v) is 7.42. The summed E-state index contributed by atoms with van der Waals surface area (Å²) in [5, 5.41) is 102. The highest BCUT2D eigenvalue weighted by molar-refractivity contribution is 5.89. The predicted octanol–water partition coefficient (Wildman–Crippen LogP) is -2.08. The van der Waals surface area contributed by atoms with E-state index in [1.807, 2.05) is 0 Å². The van der Waals surface area contributed by atoms with Gasteiger partial charge in [0.25, 0.3) is 0 Å². The highest BCUT2D eigenvalue weighted by Gasteiger charge is 2.48. The fourth-order valence-electron chi connectivity index (χ4n) is 5.09. The van der Waals surface area contributed by atoms with Crippen molar-refractivity contribution in [2.75, 3.05) is 13.2 Å². The van der Waals surface area contributed by atoms with Gasteiger partial charge in [0.1, 0.15) is 83.3 Å². The summed E-state index contributed by atoms with van der Waals surface area (Å²) in [5.74, 6) is -1.42. The van der Waals surface area contributed by atoms with E-state index >= 15 is 0 Å². The number of aromatic hydroxyl groups is 3. The van der Waals surface area contributed by atoms with Crippen LogP contribution < -0.4 is 5.43 Å². The Bertz CT molecular complexity index is 1470. The molecule has 1 aromatic heterocycles. The van der Waals surface area contributed by atoms with Gasteiger partial charge < -0.3 is 69.7 Å². The smallest absolute Gasteiger partial charge is 0.197 e. The van der Waals surface area contributed by atoms with Crippen molar-refractivity contribution in [3.63, 3.8) is 0 Å². The molecule has 10 atom stereocenters. The van der Waals surface area contributed by atoms with Gasteiger partial charge in [0.05, 0.1) is 18.8 Å². The van der Waals surface area contributed by atoms with Crippen molar-refractivity contribution in [1.82, 2.24) is 0 Å². The molecule has 3 aromatic rings. The van der Waals surface area contributed by atoms with Crippen LogP contribution in [-0.2, 0) is 14.2 Å². The maximum Gasteiger partial charge on any atom is 0.197 e. The summed E-state index contributed by atoms with van der Waals surface area (Å²) >= 11 is 0. The number of benzene rings is 2. The Kier molecular flexibility index (Phi) is 8.41. The molecule has 10 N–H and O–H groups in total. The van der Waals surface area contributed by atoms with Gasteiger partial charge in [0.15, 0.2) is 17.3 Å². The first kappa shape index (κ1) is 30.1.